The van der Waals surface area contributed by atoms with Crippen LogP contribution in [0.3, 0.4) is 0 Å². The zero-order chi connectivity index (χ0) is 21.3. The van der Waals surface area contributed by atoms with Crippen LogP contribution in [0.25, 0.3) is 0 Å². The van der Waals surface area contributed by atoms with E-state index in [1.807, 2.05) is 18.2 Å². The average molecular weight is 437 g/mol. The molecule has 0 saturated heterocycles. The third-order valence-corrected chi connectivity index (χ3v) is 5.26. The largest absolute Gasteiger partial charge is 1.00 e. The number of carboxylic acid groups (broad SMARTS) is 1. The van der Waals surface area contributed by atoms with Crippen LogP contribution in [0.2, 0.25) is 0 Å². The van der Waals surface area contributed by atoms with Crippen molar-refractivity contribution in [2.75, 3.05) is 24.7 Å². The zero-order valence-electron chi connectivity index (χ0n) is 17.7. The number of amides is 1. The van der Waals surface area contributed by atoms with Crippen LogP contribution < -0.4 is 39.6 Å². The summed E-state index contributed by atoms with van der Waals surface area (Å²) in [6, 6.07) is 14.8. The maximum Gasteiger partial charge on any atom is 1.00 e. The Morgan fingerprint density at radius 3 is 2.03 bits per heavy atom. The van der Waals surface area contributed by atoms with E-state index in [-0.39, 0.29) is 47.9 Å². The van der Waals surface area contributed by atoms with Crippen molar-refractivity contribution in [2.24, 2.45) is 11.8 Å². The number of carboxylic acids is 1. The van der Waals surface area contributed by atoms with Crippen LogP contribution in [0, 0.1) is 17.7 Å². The molecule has 0 radical (unpaired) electrons. The minimum atomic E-state index is -1.21. The molecule has 0 bridgehead atoms. The molecule has 0 aromatic heterocycles. The van der Waals surface area contributed by atoms with E-state index < -0.39 is 12.1 Å². The average Bonchev–Trinajstić information content (AvgIpc) is 2.75. The van der Waals surface area contributed by atoms with E-state index >= 15 is 0 Å². The van der Waals surface area contributed by atoms with Crippen LogP contribution >= 0.6 is 0 Å². The topological polar surface area (TPSA) is 78.9 Å². The monoisotopic (exact) mass is 437 g/mol. The van der Waals surface area contributed by atoms with E-state index in [0.29, 0.717) is 30.5 Å². The number of para-hydroxylation sites is 1. The summed E-state index contributed by atoms with van der Waals surface area (Å²) in [4.78, 5) is 24.7. The summed E-state index contributed by atoms with van der Waals surface area (Å²) in [5.74, 6) is -1.02. The summed E-state index contributed by atoms with van der Waals surface area (Å²) < 4.78 is 24.0. The minimum Gasteiger partial charge on any atom is -0.548 e. The van der Waals surface area contributed by atoms with E-state index in [4.69, 9.17) is 9.47 Å². The standard InChI is InChI=1S/C23H26FNO5.Na/c24-19-10-12-21(13-11-19)25(20-4-2-1-3-5-20)23(28)30-15-18-8-6-17(7-9-18)14-29-16-22(26)27;/h1-5,10-13,17-18H,6-9,14-16H2,(H,26,27);/q;+1/p-1/t17-,18-;. The molecule has 0 aliphatic heterocycles. The molecule has 1 aliphatic rings. The van der Waals surface area contributed by atoms with Crippen LogP contribution in [-0.2, 0) is 14.3 Å². The molecule has 1 amide bonds. The zero-order valence-corrected chi connectivity index (χ0v) is 19.7. The molecular weight excluding hydrogens is 412 g/mol. The number of carbonyl (C=O) groups is 2. The first-order chi connectivity index (χ1) is 14.5. The Labute approximate surface area is 203 Å². The van der Waals surface area contributed by atoms with Gasteiger partial charge in [0.1, 0.15) is 5.82 Å². The summed E-state index contributed by atoms with van der Waals surface area (Å²) in [5, 5.41) is 10.4. The van der Waals surface area contributed by atoms with Crippen molar-refractivity contribution >= 4 is 23.4 Å². The molecule has 0 spiro atoms. The Bertz CT molecular complexity index is 826. The number of rotatable bonds is 8. The van der Waals surface area contributed by atoms with Crippen LogP contribution in [0.4, 0.5) is 20.6 Å². The normalized spacial score (nSPS) is 18.0. The first kappa shape index (κ1) is 25.3. The Hall–Kier alpha value is -1.93. The molecular formula is C23H25FNNaO5. The van der Waals surface area contributed by atoms with Gasteiger partial charge in [0.25, 0.3) is 0 Å². The molecule has 2 aromatic rings. The van der Waals surface area contributed by atoms with Crippen molar-refractivity contribution in [1.29, 1.82) is 0 Å². The van der Waals surface area contributed by atoms with Crippen molar-refractivity contribution in [3.05, 3.63) is 60.4 Å². The van der Waals surface area contributed by atoms with E-state index in [2.05, 4.69) is 0 Å². The molecule has 8 heteroatoms. The first-order valence-corrected chi connectivity index (χ1v) is 10.1. The Balaban J connectivity index is 0.00000341. The van der Waals surface area contributed by atoms with Gasteiger partial charge >= 0.3 is 35.7 Å². The van der Waals surface area contributed by atoms with Gasteiger partial charge in [0.05, 0.1) is 30.6 Å². The predicted octanol–water partition coefficient (Wildman–Crippen LogP) is 0.677. The second-order valence-corrected chi connectivity index (χ2v) is 7.50. The van der Waals surface area contributed by atoms with E-state index in [1.54, 1.807) is 24.3 Å². The molecule has 31 heavy (non-hydrogen) atoms. The number of carbonyl (C=O) groups excluding carboxylic acids is 2. The summed E-state index contributed by atoms with van der Waals surface area (Å²) >= 11 is 0. The van der Waals surface area contributed by atoms with Gasteiger partial charge in [0.2, 0.25) is 0 Å². The van der Waals surface area contributed by atoms with Gasteiger partial charge in [-0.15, -0.1) is 0 Å². The number of benzene rings is 2. The molecule has 6 nitrogen and oxygen atoms in total. The summed E-state index contributed by atoms with van der Waals surface area (Å²) in [6.07, 6.45) is 3.06. The molecule has 0 unspecified atom stereocenters. The van der Waals surface area contributed by atoms with Gasteiger partial charge in [-0.3, -0.25) is 0 Å². The fourth-order valence-corrected chi connectivity index (χ4v) is 3.65. The Morgan fingerprint density at radius 2 is 1.45 bits per heavy atom. The fourth-order valence-electron chi connectivity index (χ4n) is 3.65. The maximum atomic E-state index is 13.3. The van der Waals surface area contributed by atoms with Crippen molar-refractivity contribution in [1.82, 2.24) is 0 Å². The van der Waals surface area contributed by atoms with Crippen LogP contribution in [0.1, 0.15) is 25.7 Å². The number of aliphatic carboxylic acids is 1. The van der Waals surface area contributed by atoms with Gasteiger partial charge in [-0.25, -0.2) is 14.1 Å². The van der Waals surface area contributed by atoms with E-state index in [1.165, 1.54) is 17.0 Å². The quantitative estimate of drug-likeness (QED) is 0.568. The smallest absolute Gasteiger partial charge is 0.548 e. The molecule has 0 atom stereocenters. The number of halogens is 1. The Morgan fingerprint density at radius 1 is 0.903 bits per heavy atom. The summed E-state index contributed by atoms with van der Waals surface area (Å²) in [6.45, 7) is 0.332. The number of anilines is 2. The van der Waals surface area contributed by atoms with Crippen LogP contribution in [-0.4, -0.2) is 31.9 Å². The maximum absolute atomic E-state index is 13.3. The van der Waals surface area contributed by atoms with Crippen molar-refractivity contribution in [3.8, 4) is 0 Å². The summed E-state index contributed by atoms with van der Waals surface area (Å²) in [7, 11) is 0. The molecule has 0 heterocycles. The fraction of sp³-hybridized carbons (Fsp3) is 0.391. The SMILES string of the molecule is O=C([O-])COC[C@H]1CC[C@H](COC(=O)N(c2ccccc2)c2ccc(F)cc2)CC1.[Na+]. The molecule has 2 aromatic carbocycles. The van der Waals surface area contributed by atoms with Gasteiger partial charge in [-0.05, 0) is 73.9 Å². The second kappa shape index (κ2) is 12.8. The van der Waals surface area contributed by atoms with Gasteiger partial charge in [-0.1, -0.05) is 18.2 Å². The van der Waals surface area contributed by atoms with Crippen molar-refractivity contribution in [2.45, 2.75) is 25.7 Å². The van der Waals surface area contributed by atoms with Gasteiger partial charge in [-0.2, -0.15) is 0 Å². The molecule has 0 N–H and O–H groups in total. The van der Waals surface area contributed by atoms with Crippen LogP contribution in [0.15, 0.2) is 54.6 Å². The Kier molecular flexibility index (Phi) is 10.5. The number of ether oxygens (including phenoxy) is 2. The third kappa shape index (κ3) is 7.92. The molecule has 1 fully saturated rings. The van der Waals surface area contributed by atoms with Crippen LogP contribution in [0.5, 0.6) is 0 Å². The third-order valence-electron chi connectivity index (χ3n) is 5.26. The van der Waals surface area contributed by atoms with Gasteiger partial charge < -0.3 is 19.4 Å². The minimum absolute atomic E-state index is 0. The molecule has 160 valence electrons. The first-order valence-electron chi connectivity index (χ1n) is 10.1. The van der Waals surface area contributed by atoms with Crippen molar-refractivity contribution in [3.63, 3.8) is 0 Å². The number of nitrogens with zero attached hydrogens (tertiary/aromatic N) is 1. The second-order valence-electron chi connectivity index (χ2n) is 7.50. The summed E-state index contributed by atoms with van der Waals surface area (Å²) in [5.41, 5.74) is 1.17. The number of hydrogen-bond donors (Lipinski definition) is 0. The molecule has 1 saturated carbocycles. The predicted molar refractivity (Wildman–Crippen MR) is 108 cm³/mol. The van der Waals surface area contributed by atoms with E-state index in [0.717, 1.165) is 25.7 Å². The number of hydrogen-bond acceptors (Lipinski definition) is 5. The van der Waals surface area contributed by atoms with E-state index in [9.17, 15) is 19.1 Å². The van der Waals surface area contributed by atoms with Gasteiger partial charge in [0.15, 0.2) is 0 Å². The molecule has 3 rings (SSSR count). The van der Waals surface area contributed by atoms with Gasteiger partial charge in [0, 0.05) is 6.61 Å². The van der Waals surface area contributed by atoms with Crippen molar-refractivity contribution < 1.29 is 58.1 Å². The molecule has 1 aliphatic carbocycles.